The second-order valence-corrected chi connectivity index (χ2v) is 6.08. The van der Waals surface area contributed by atoms with Gasteiger partial charge in [0.1, 0.15) is 5.75 Å². The first kappa shape index (κ1) is 18.5. The predicted octanol–water partition coefficient (Wildman–Crippen LogP) is 4.42. The van der Waals surface area contributed by atoms with Crippen molar-refractivity contribution < 1.29 is 19.1 Å². The molecule has 0 saturated heterocycles. The van der Waals surface area contributed by atoms with Crippen molar-refractivity contribution in [2.24, 2.45) is 0 Å². The standard InChI is InChI=1S/C22H21NO4/c1-3-20(27-19-13-10-15-6-4-5-7-17(15)14-19)21(24)23-18-11-8-16(9-12-18)22(25)26-2/h4-14,20H,3H2,1-2H3,(H,23,24)/t20-/m1/s1. The van der Waals surface area contributed by atoms with Gasteiger partial charge in [0, 0.05) is 5.69 Å². The fourth-order valence-corrected chi connectivity index (χ4v) is 2.76. The summed E-state index contributed by atoms with van der Waals surface area (Å²) in [7, 11) is 1.33. The lowest BCUT2D eigenvalue weighted by molar-refractivity contribution is -0.122. The van der Waals surface area contributed by atoms with Crippen LogP contribution >= 0.6 is 0 Å². The van der Waals surface area contributed by atoms with Crippen molar-refractivity contribution in [3.8, 4) is 5.75 Å². The minimum Gasteiger partial charge on any atom is -0.481 e. The Bertz CT molecular complexity index is 950. The van der Waals surface area contributed by atoms with E-state index in [2.05, 4.69) is 10.1 Å². The molecule has 138 valence electrons. The first-order valence-corrected chi connectivity index (χ1v) is 8.75. The number of fused-ring (bicyclic) bond motifs is 1. The number of rotatable bonds is 6. The number of nitrogens with one attached hydrogen (secondary N) is 1. The van der Waals surface area contributed by atoms with Crippen LogP contribution in [-0.4, -0.2) is 25.1 Å². The minimum absolute atomic E-state index is 0.239. The summed E-state index contributed by atoms with van der Waals surface area (Å²) in [5.41, 5.74) is 1.02. The maximum Gasteiger partial charge on any atom is 0.337 e. The summed E-state index contributed by atoms with van der Waals surface area (Å²) in [4.78, 5) is 24.0. The number of hydrogen-bond donors (Lipinski definition) is 1. The largest absolute Gasteiger partial charge is 0.481 e. The Balaban J connectivity index is 1.68. The van der Waals surface area contributed by atoms with Crippen LogP contribution in [0.4, 0.5) is 5.69 Å². The number of ether oxygens (including phenoxy) is 2. The van der Waals surface area contributed by atoms with Crippen LogP contribution in [0.1, 0.15) is 23.7 Å². The van der Waals surface area contributed by atoms with Gasteiger partial charge in [-0.05, 0) is 53.6 Å². The second-order valence-electron chi connectivity index (χ2n) is 6.08. The van der Waals surface area contributed by atoms with Crippen LogP contribution < -0.4 is 10.1 Å². The summed E-state index contributed by atoms with van der Waals surface area (Å²) in [5.74, 6) is -0.00726. The van der Waals surface area contributed by atoms with E-state index in [0.29, 0.717) is 23.4 Å². The van der Waals surface area contributed by atoms with Crippen molar-refractivity contribution in [2.45, 2.75) is 19.4 Å². The topological polar surface area (TPSA) is 64.6 Å². The molecule has 3 rings (SSSR count). The SMILES string of the molecule is CC[C@@H](Oc1ccc2ccccc2c1)C(=O)Nc1ccc(C(=O)OC)cc1. The molecule has 0 aromatic heterocycles. The van der Waals surface area contributed by atoms with Crippen LogP contribution in [0.15, 0.2) is 66.7 Å². The summed E-state index contributed by atoms with van der Waals surface area (Å²) in [6.45, 7) is 1.89. The Morgan fingerprint density at radius 2 is 1.67 bits per heavy atom. The van der Waals surface area contributed by atoms with Crippen LogP contribution in [0, 0.1) is 0 Å². The molecule has 5 nitrogen and oxygen atoms in total. The third-order valence-corrected chi connectivity index (χ3v) is 4.24. The molecule has 3 aromatic carbocycles. The Morgan fingerprint density at radius 3 is 2.33 bits per heavy atom. The number of esters is 1. The predicted molar refractivity (Wildman–Crippen MR) is 105 cm³/mol. The third-order valence-electron chi connectivity index (χ3n) is 4.24. The van der Waals surface area contributed by atoms with Gasteiger partial charge in [-0.15, -0.1) is 0 Å². The molecule has 0 unspecified atom stereocenters. The summed E-state index contributed by atoms with van der Waals surface area (Å²) in [6.07, 6.45) is -0.0923. The molecule has 0 heterocycles. The second kappa shape index (κ2) is 8.36. The summed E-state index contributed by atoms with van der Waals surface area (Å²) in [6, 6.07) is 20.3. The van der Waals surface area contributed by atoms with Gasteiger partial charge in [-0.2, -0.15) is 0 Å². The number of methoxy groups -OCH3 is 1. The molecule has 0 saturated carbocycles. The molecule has 0 radical (unpaired) electrons. The third kappa shape index (κ3) is 4.44. The van der Waals surface area contributed by atoms with E-state index in [4.69, 9.17) is 4.74 Å². The van der Waals surface area contributed by atoms with E-state index < -0.39 is 12.1 Å². The highest BCUT2D eigenvalue weighted by Gasteiger charge is 2.19. The molecule has 0 fully saturated rings. The molecule has 0 aliphatic heterocycles. The van der Waals surface area contributed by atoms with E-state index in [-0.39, 0.29) is 5.91 Å². The van der Waals surface area contributed by atoms with Crippen LogP contribution in [0.25, 0.3) is 10.8 Å². The molecule has 5 heteroatoms. The molecular formula is C22H21NO4. The number of benzene rings is 3. The average Bonchev–Trinajstić information content (AvgIpc) is 2.71. The highest BCUT2D eigenvalue weighted by Crippen LogP contribution is 2.22. The van der Waals surface area contributed by atoms with E-state index >= 15 is 0 Å². The van der Waals surface area contributed by atoms with E-state index in [1.807, 2.05) is 49.4 Å². The van der Waals surface area contributed by atoms with Crippen molar-refractivity contribution in [1.82, 2.24) is 0 Å². The fourth-order valence-electron chi connectivity index (χ4n) is 2.76. The minimum atomic E-state index is -0.619. The van der Waals surface area contributed by atoms with E-state index in [9.17, 15) is 9.59 Å². The lowest BCUT2D eigenvalue weighted by Crippen LogP contribution is -2.32. The zero-order chi connectivity index (χ0) is 19.2. The van der Waals surface area contributed by atoms with Crippen molar-refractivity contribution in [3.05, 3.63) is 72.3 Å². The van der Waals surface area contributed by atoms with Gasteiger partial charge in [-0.3, -0.25) is 4.79 Å². The maximum absolute atomic E-state index is 12.6. The molecule has 0 spiro atoms. The van der Waals surface area contributed by atoms with Crippen LogP contribution in [0.2, 0.25) is 0 Å². The van der Waals surface area contributed by atoms with E-state index in [1.54, 1.807) is 24.3 Å². The van der Waals surface area contributed by atoms with E-state index in [1.165, 1.54) is 7.11 Å². The van der Waals surface area contributed by atoms with Gasteiger partial charge in [0.2, 0.25) is 0 Å². The van der Waals surface area contributed by atoms with Gasteiger partial charge in [0.25, 0.3) is 5.91 Å². The Kier molecular flexibility index (Phi) is 5.71. The number of carbonyl (C=O) groups excluding carboxylic acids is 2. The van der Waals surface area contributed by atoms with E-state index in [0.717, 1.165) is 10.8 Å². The molecule has 1 amide bonds. The summed E-state index contributed by atoms with van der Waals surface area (Å²) >= 11 is 0. The molecule has 0 aliphatic rings. The van der Waals surface area contributed by atoms with Crippen molar-refractivity contribution in [3.63, 3.8) is 0 Å². The summed E-state index contributed by atoms with van der Waals surface area (Å²) in [5, 5.41) is 5.00. The Morgan fingerprint density at radius 1 is 0.963 bits per heavy atom. The van der Waals surface area contributed by atoms with Gasteiger partial charge in [-0.1, -0.05) is 37.3 Å². The maximum atomic E-state index is 12.6. The van der Waals surface area contributed by atoms with Crippen LogP contribution in [-0.2, 0) is 9.53 Å². The average molecular weight is 363 g/mol. The molecule has 3 aromatic rings. The van der Waals surface area contributed by atoms with Gasteiger partial charge >= 0.3 is 5.97 Å². The first-order chi connectivity index (χ1) is 13.1. The smallest absolute Gasteiger partial charge is 0.337 e. The highest BCUT2D eigenvalue weighted by molar-refractivity contribution is 5.95. The van der Waals surface area contributed by atoms with Crippen LogP contribution in [0.5, 0.6) is 5.75 Å². The highest BCUT2D eigenvalue weighted by atomic mass is 16.5. The normalized spacial score (nSPS) is 11.6. The van der Waals surface area contributed by atoms with Crippen molar-refractivity contribution in [2.75, 3.05) is 12.4 Å². The van der Waals surface area contributed by atoms with Gasteiger partial charge in [-0.25, -0.2) is 4.79 Å². The zero-order valence-corrected chi connectivity index (χ0v) is 15.3. The quantitative estimate of drug-likeness (QED) is 0.658. The Labute approximate surface area is 157 Å². The summed E-state index contributed by atoms with van der Waals surface area (Å²) < 4.78 is 10.6. The molecule has 1 N–H and O–H groups in total. The van der Waals surface area contributed by atoms with Crippen LogP contribution in [0.3, 0.4) is 0 Å². The number of anilines is 1. The number of carbonyl (C=O) groups is 2. The lowest BCUT2D eigenvalue weighted by atomic mass is 10.1. The van der Waals surface area contributed by atoms with Gasteiger partial charge in [0.15, 0.2) is 6.10 Å². The Hall–Kier alpha value is -3.34. The lowest BCUT2D eigenvalue weighted by Gasteiger charge is -2.18. The van der Waals surface area contributed by atoms with Crippen molar-refractivity contribution in [1.29, 1.82) is 0 Å². The molecule has 27 heavy (non-hydrogen) atoms. The molecule has 0 bridgehead atoms. The number of amides is 1. The monoisotopic (exact) mass is 363 g/mol. The van der Waals surface area contributed by atoms with Gasteiger partial charge in [0.05, 0.1) is 12.7 Å². The molecule has 1 atom stereocenters. The first-order valence-electron chi connectivity index (χ1n) is 8.75. The molecule has 0 aliphatic carbocycles. The number of hydrogen-bond acceptors (Lipinski definition) is 4. The van der Waals surface area contributed by atoms with Crippen molar-refractivity contribution >= 4 is 28.3 Å². The van der Waals surface area contributed by atoms with Gasteiger partial charge < -0.3 is 14.8 Å². The molecular weight excluding hydrogens is 342 g/mol. The fraction of sp³-hybridized carbons (Fsp3) is 0.182. The zero-order valence-electron chi connectivity index (χ0n) is 15.3.